The van der Waals surface area contributed by atoms with Gasteiger partial charge < -0.3 is 10.8 Å². The number of carbonyl (C=O) groups is 2. The zero-order chi connectivity index (χ0) is 17.0. The molecule has 8 heteroatoms. The van der Waals surface area contributed by atoms with E-state index in [1.165, 1.54) is 28.6 Å². The van der Waals surface area contributed by atoms with Crippen LogP contribution in [0.25, 0.3) is 0 Å². The van der Waals surface area contributed by atoms with Crippen molar-refractivity contribution in [3.63, 3.8) is 0 Å². The van der Waals surface area contributed by atoms with E-state index >= 15 is 0 Å². The van der Waals surface area contributed by atoms with Crippen LogP contribution in [0.1, 0.15) is 24.8 Å². The molecule has 1 amide bonds. The van der Waals surface area contributed by atoms with Gasteiger partial charge in [0.2, 0.25) is 15.9 Å². The predicted octanol–water partition coefficient (Wildman–Crippen LogP) is 0.590. The van der Waals surface area contributed by atoms with Gasteiger partial charge in [0.1, 0.15) is 0 Å². The van der Waals surface area contributed by atoms with E-state index in [1.807, 2.05) is 0 Å². The Morgan fingerprint density at radius 1 is 1.26 bits per heavy atom. The van der Waals surface area contributed by atoms with Gasteiger partial charge in [-0.3, -0.25) is 9.59 Å². The molecule has 0 bridgehead atoms. The predicted molar refractivity (Wildman–Crippen MR) is 83.1 cm³/mol. The summed E-state index contributed by atoms with van der Waals surface area (Å²) in [5, 5.41) is 8.74. The maximum absolute atomic E-state index is 12.6. The fourth-order valence-corrected chi connectivity index (χ4v) is 4.35. The molecule has 1 unspecified atom stereocenters. The first-order valence-corrected chi connectivity index (χ1v) is 8.82. The lowest BCUT2D eigenvalue weighted by molar-refractivity contribution is -0.136. The van der Waals surface area contributed by atoms with E-state index < -0.39 is 21.9 Å². The summed E-state index contributed by atoms with van der Waals surface area (Å²) >= 11 is 0. The standard InChI is InChI=1S/C15H20N2O5S/c16-14(18)8-12-2-1-7-17(10-12)23(21,22)13-5-3-11(4-6-13)9-15(19)20/h3-6,12H,1-2,7-10H2,(H2,16,18)(H,19,20). The Bertz CT molecular complexity index is 684. The number of piperidine rings is 1. The molecule has 0 saturated carbocycles. The minimum atomic E-state index is -3.64. The van der Waals surface area contributed by atoms with Crippen molar-refractivity contribution in [2.45, 2.75) is 30.6 Å². The molecule has 0 spiro atoms. The lowest BCUT2D eigenvalue weighted by Gasteiger charge is -2.31. The summed E-state index contributed by atoms with van der Waals surface area (Å²) in [4.78, 5) is 21.8. The molecular weight excluding hydrogens is 320 g/mol. The second kappa shape index (κ2) is 7.10. The molecule has 1 fully saturated rings. The average molecular weight is 340 g/mol. The van der Waals surface area contributed by atoms with Crippen LogP contribution in [0.15, 0.2) is 29.2 Å². The van der Waals surface area contributed by atoms with Gasteiger partial charge >= 0.3 is 5.97 Å². The fraction of sp³-hybridized carbons (Fsp3) is 0.467. The third-order valence-electron chi connectivity index (χ3n) is 3.89. The highest BCUT2D eigenvalue weighted by Gasteiger charge is 2.30. The van der Waals surface area contributed by atoms with Crippen LogP contribution >= 0.6 is 0 Å². The van der Waals surface area contributed by atoms with Gasteiger partial charge in [-0.05, 0) is 36.5 Å². The maximum atomic E-state index is 12.6. The first kappa shape index (κ1) is 17.4. The highest BCUT2D eigenvalue weighted by Crippen LogP contribution is 2.25. The van der Waals surface area contributed by atoms with Crippen molar-refractivity contribution < 1.29 is 23.1 Å². The van der Waals surface area contributed by atoms with Crippen LogP contribution in [0.4, 0.5) is 0 Å². The van der Waals surface area contributed by atoms with Crippen molar-refractivity contribution in [3.8, 4) is 0 Å². The van der Waals surface area contributed by atoms with Crippen LogP contribution in [0.3, 0.4) is 0 Å². The molecule has 1 atom stereocenters. The summed E-state index contributed by atoms with van der Waals surface area (Å²) in [7, 11) is -3.64. The molecule has 1 heterocycles. The number of aliphatic carboxylic acids is 1. The van der Waals surface area contributed by atoms with Gasteiger partial charge in [-0.2, -0.15) is 4.31 Å². The highest BCUT2D eigenvalue weighted by molar-refractivity contribution is 7.89. The number of amides is 1. The van der Waals surface area contributed by atoms with Crippen molar-refractivity contribution in [2.24, 2.45) is 11.7 Å². The van der Waals surface area contributed by atoms with Gasteiger partial charge in [-0.25, -0.2) is 8.42 Å². The highest BCUT2D eigenvalue weighted by atomic mass is 32.2. The van der Waals surface area contributed by atoms with Crippen molar-refractivity contribution in [2.75, 3.05) is 13.1 Å². The number of primary amides is 1. The Labute approximate surface area is 135 Å². The molecule has 23 heavy (non-hydrogen) atoms. The van der Waals surface area contributed by atoms with E-state index in [1.54, 1.807) is 0 Å². The number of sulfonamides is 1. The fourth-order valence-electron chi connectivity index (χ4n) is 2.80. The molecular formula is C15H20N2O5S. The van der Waals surface area contributed by atoms with Crippen molar-refractivity contribution in [3.05, 3.63) is 29.8 Å². The molecule has 1 aromatic rings. The van der Waals surface area contributed by atoms with E-state index in [-0.39, 0.29) is 30.2 Å². The van der Waals surface area contributed by atoms with Crippen LogP contribution in [0, 0.1) is 5.92 Å². The molecule has 1 aliphatic rings. The summed E-state index contributed by atoms with van der Waals surface area (Å²) in [5.41, 5.74) is 5.73. The monoisotopic (exact) mass is 340 g/mol. The topological polar surface area (TPSA) is 118 Å². The van der Waals surface area contributed by atoms with Crippen LogP contribution in [-0.4, -0.2) is 42.8 Å². The van der Waals surface area contributed by atoms with Crippen LogP contribution in [0.5, 0.6) is 0 Å². The Kier molecular flexibility index (Phi) is 5.38. The molecule has 3 N–H and O–H groups in total. The quantitative estimate of drug-likeness (QED) is 0.786. The number of carbonyl (C=O) groups excluding carboxylic acids is 1. The number of hydrogen-bond donors (Lipinski definition) is 2. The Balaban J connectivity index is 2.13. The number of carboxylic acid groups (broad SMARTS) is 1. The molecule has 1 aliphatic heterocycles. The minimum absolute atomic E-state index is 0.0534. The normalized spacial score (nSPS) is 19.4. The van der Waals surface area contributed by atoms with Gasteiger partial charge in [0.05, 0.1) is 11.3 Å². The second-order valence-electron chi connectivity index (χ2n) is 5.76. The molecule has 0 radical (unpaired) electrons. The van der Waals surface area contributed by atoms with Crippen LogP contribution < -0.4 is 5.73 Å². The van der Waals surface area contributed by atoms with Crippen molar-refractivity contribution in [1.29, 1.82) is 0 Å². The van der Waals surface area contributed by atoms with Gasteiger partial charge in [0.25, 0.3) is 0 Å². The summed E-state index contributed by atoms with van der Waals surface area (Å²) in [6.07, 6.45) is 1.51. The first-order valence-electron chi connectivity index (χ1n) is 7.38. The molecule has 1 aromatic carbocycles. The Morgan fingerprint density at radius 2 is 1.91 bits per heavy atom. The van der Waals surface area contributed by atoms with E-state index in [4.69, 9.17) is 10.8 Å². The second-order valence-corrected chi connectivity index (χ2v) is 7.69. The van der Waals surface area contributed by atoms with Crippen LogP contribution in [-0.2, 0) is 26.0 Å². The maximum Gasteiger partial charge on any atom is 0.307 e. The van der Waals surface area contributed by atoms with E-state index in [0.717, 1.165) is 6.42 Å². The Morgan fingerprint density at radius 3 is 2.48 bits per heavy atom. The van der Waals surface area contributed by atoms with Crippen LogP contribution in [0.2, 0.25) is 0 Å². The number of carboxylic acids is 1. The zero-order valence-corrected chi connectivity index (χ0v) is 13.5. The van der Waals surface area contributed by atoms with E-state index in [2.05, 4.69) is 0 Å². The molecule has 1 saturated heterocycles. The van der Waals surface area contributed by atoms with Gasteiger partial charge in [0, 0.05) is 19.5 Å². The van der Waals surface area contributed by atoms with Crippen molar-refractivity contribution >= 4 is 21.9 Å². The number of hydrogen-bond acceptors (Lipinski definition) is 4. The third kappa shape index (κ3) is 4.52. The lowest BCUT2D eigenvalue weighted by atomic mass is 9.96. The smallest absolute Gasteiger partial charge is 0.307 e. The summed E-state index contributed by atoms with van der Waals surface area (Å²) in [6, 6.07) is 5.86. The molecule has 2 rings (SSSR count). The van der Waals surface area contributed by atoms with Gasteiger partial charge in [-0.15, -0.1) is 0 Å². The SMILES string of the molecule is NC(=O)CC1CCCN(S(=O)(=O)c2ccc(CC(=O)O)cc2)C1. The average Bonchev–Trinajstić information content (AvgIpc) is 2.47. The number of benzene rings is 1. The summed E-state index contributed by atoms with van der Waals surface area (Å²) in [6.45, 7) is 0.691. The lowest BCUT2D eigenvalue weighted by Crippen LogP contribution is -2.40. The molecule has 0 aromatic heterocycles. The number of nitrogens with two attached hydrogens (primary N) is 1. The first-order chi connectivity index (χ1) is 10.8. The van der Waals surface area contributed by atoms with Crippen molar-refractivity contribution in [1.82, 2.24) is 4.31 Å². The van der Waals surface area contributed by atoms with E-state index in [0.29, 0.717) is 18.5 Å². The summed E-state index contributed by atoms with van der Waals surface area (Å²) < 4.78 is 26.7. The third-order valence-corrected chi connectivity index (χ3v) is 5.77. The molecule has 7 nitrogen and oxygen atoms in total. The Hall–Kier alpha value is -1.93. The molecule has 126 valence electrons. The molecule has 0 aliphatic carbocycles. The minimum Gasteiger partial charge on any atom is -0.481 e. The van der Waals surface area contributed by atoms with Gasteiger partial charge in [-0.1, -0.05) is 12.1 Å². The zero-order valence-electron chi connectivity index (χ0n) is 12.6. The number of rotatable bonds is 6. The van der Waals surface area contributed by atoms with Gasteiger partial charge in [0.15, 0.2) is 0 Å². The summed E-state index contributed by atoms with van der Waals surface area (Å²) in [5.74, 6) is -1.44. The largest absolute Gasteiger partial charge is 0.481 e. The number of nitrogens with zero attached hydrogens (tertiary/aromatic N) is 1. The van der Waals surface area contributed by atoms with E-state index in [9.17, 15) is 18.0 Å².